The monoisotopic (exact) mass is 565 g/mol. The number of rotatable bonds is 6. The molecule has 0 saturated carbocycles. The van der Waals surface area contributed by atoms with Crippen molar-refractivity contribution in [3.8, 4) is 22.6 Å². The van der Waals surface area contributed by atoms with Gasteiger partial charge in [0.05, 0.1) is 28.3 Å². The Morgan fingerprint density at radius 3 is 2.46 bits per heavy atom. The highest BCUT2D eigenvalue weighted by Gasteiger charge is 2.33. The highest BCUT2D eigenvalue weighted by Crippen LogP contribution is 2.33. The number of carbonyl (C=O) groups excluding carboxylic acids is 1. The van der Waals surface area contributed by atoms with Crippen molar-refractivity contribution < 1.29 is 22.7 Å². The summed E-state index contributed by atoms with van der Waals surface area (Å²) in [6.07, 6.45) is -3.65. The van der Waals surface area contributed by atoms with Gasteiger partial charge in [-0.1, -0.05) is 30.3 Å². The molecule has 1 fully saturated rings. The third kappa shape index (κ3) is 6.26. The molecule has 214 valence electrons. The van der Waals surface area contributed by atoms with E-state index in [1.165, 1.54) is 23.0 Å². The topological polar surface area (TPSA) is 79.7 Å². The van der Waals surface area contributed by atoms with E-state index < -0.39 is 29.6 Å². The molecule has 1 aliphatic rings. The summed E-state index contributed by atoms with van der Waals surface area (Å²) in [5.74, 6) is -1.06. The van der Waals surface area contributed by atoms with Gasteiger partial charge in [-0.05, 0) is 67.9 Å². The molecule has 8 nitrogen and oxygen atoms in total. The van der Waals surface area contributed by atoms with Crippen LogP contribution in [0.2, 0.25) is 0 Å². The van der Waals surface area contributed by atoms with E-state index >= 15 is 0 Å². The normalized spacial score (nSPS) is 15.6. The van der Waals surface area contributed by atoms with Crippen molar-refractivity contribution >= 4 is 22.5 Å². The van der Waals surface area contributed by atoms with Gasteiger partial charge in [-0.2, -0.15) is 0 Å². The van der Waals surface area contributed by atoms with E-state index in [1.54, 1.807) is 13.0 Å². The third-order valence-electron chi connectivity index (χ3n) is 7.41. The van der Waals surface area contributed by atoms with Crippen molar-refractivity contribution in [3.05, 3.63) is 82.9 Å². The van der Waals surface area contributed by atoms with E-state index in [2.05, 4.69) is 19.9 Å². The minimum atomic E-state index is -4.97. The van der Waals surface area contributed by atoms with E-state index in [0.717, 1.165) is 35.8 Å². The zero-order valence-electron chi connectivity index (χ0n) is 22.9. The average Bonchev–Trinajstić information content (AvgIpc) is 2.93. The Labute approximate surface area is 235 Å². The number of nitrogens with zero attached hydrogens (tertiary/aromatic N) is 4. The summed E-state index contributed by atoms with van der Waals surface area (Å²) >= 11 is 0. The molecule has 0 radical (unpaired) electrons. The van der Waals surface area contributed by atoms with Crippen molar-refractivity contribution in [1.29, 1.82) is 0 Å². The number of aryl methyl sites for hydroxylation is 1. The summed E-state index contributed by atoms with van der Waals surface area (Å²) in [5, 5.41) is 2.93. The molecule has 5 rings (SSSR count). The van der Waals surface area contributed by atoms with Crippen molar-refractivity contribution in [2.24, 2.45) is 0 Å². The number of piperazine rings is 1. The van der Waals surface area contributed by atoms with Gasteiger partial charge in [-0.15, -0.1) is 13.2 Å². The number of nitrogens with one attached hydrogen (secondary N) is 1. The second-order valence-corrected chi connectivity index (χ2v) is 10.2. The number of alkyl halides is 3. The lowest BCUT2D eigenvalue weighted by molar-refractivity contribution is -0.274. The summed E-state index contributed by atoms with van der Waals surface area (Å²) in [6, 6.07) is 16.3. The maximum atomic E-state index is 13.4. The predicted octanol–water partition coefficient (Wildman–Crippen LogP) is 4.83. The Bertz CT molecular complexity index is 1640. The van der Waals surface area contributed by atoms with Crippen molar-refractivity contribution in [2.75, 3.05) is 38.5 Å². The van der Waals surface area contributed by atoms with Gasteiger partial charge in [0.25, 0.3) is 5.56 Å². The smallest absolute Gasteiger partial charge is 0.404 e. The molecule has 0 spiro atoms. The number of likely N-dealkylation sites (N-methyl/N-ethyl adjacent to an activating group) is 1. The van der Waals surface area contributed by atoms with E-state index in [4.69, 9.17) is 0 Å². The summed E-state index contributed by atoms with van der Waals surface area (Å²) in [6.45, 7) is 6.57. The van der Waals surface area contributed by atoms with Crippen LogP contribution in [0.4, 0.5) is 18.9 Å². The SMILES string of the molecule is Cc1ccccc1-c1ccc2c(=O)n(-c3ccc(OC(F)(F)F)c(NC(=O)C(C)N4CCN(C)CC4)c3)cnc2c1. The number of hydrogen-bond donors (Lipinski definition) is 1. The zero-order chi connectivity index (χ0) is 29.3. The molecular weight excluding hydrogens is 535 g/mol. The van der Waals surface area contributed by atoms with E-state index in [0.29, 0.717) is 24.0 Å². The first-order chi connectivity index (χ1) is 19.5. The van der Waals surface area contributed by atoms with E-state index in [9.17, 15) is 22.8 Å². The van der Waals surface area contributed by atoms with Gasteiger partial charge in [0, 0.05) is 26.2 Å². The van der Waals surface area contributed by atoms with Crippen LogP contribution in [0, 0.1) is 6.92 Å². The van der Waals surface area contributed by atoms with Gasteiger partial charge in [0.2, 0.25) is 5.91 Å². The fourth-order valence-corrected chi connectivity index (χ4v) is 4.96. The molecule has 1 N–H and O–H groups in total. The third-order valence-corrected chi connectivity index (χ3v) is 7.41. The first kappa shape index (κ1) is 28.3. The lowest BCUT2D eigenvalue weighted by Gasteiger charge is -2.35. The predicted molar refractivity (Wildman–Crippen MR) is 151 cm³/mol. The first-order valence-corrected chi connectivity index (χ1v) is 13.2. The van der Waals surface area contributed by atoms with Crippen molar-refractivity contribution in [3.63, 3.8) is 0 Å². The fraction of sp³-hybridized carbons (Fsp3) is 0.300. The Balaban J connectivity index is 1.48. The van der Waals surface area contributed by atoms with Gasteiger partial charge < -0.3 is 15.0 Å². The Hall–Kier alpha value is -4.22. The number of benzene rings is 3. The highest BCUT2D eigenvalue weighted by atomic mass is 19.4. The lowest BCUT2D eigenvalue weighted by Crippen LogP contribution is -2.51. The number of amides is 1. The van der Waals surface area contributed by atoms with Gasteiger partial charge in [-0.25, -0.2) is 4.98 Å². The number of hydrogen-bond acceptors (Lipinski definition) is 6. The number of halogens is 3. The first-order valence-electron chi connectivity index (χ1n) is 13.2. The molecule has 1 amide bonds. The maximum absolute atomic E-state index is 13.4. The van der Waals surface area contributed by atoms with Crippen molar-refractivity contribution in [1.82, 2.24) is 19.4 Å². The Morgan fingerprint density at radius 1 is 1.02 bits per heavy atom. The number of carbonyl (C=O) groups is 1. The van der Waals surface area contributed by atoms with Crippen LogP contribution in [0.25, 0.3) is 27.7 Å². The van der Waals surface area contributed by atoms with Crippen LogP contribution in [0.1, 0.15) is 12.5 Å². The molecule has 1 aliphatic heterocycles. The second-order valence-electron chi connectivity index (χ2n) is 10.2. The Kier molecular flexibility index (Phi) is 7.83. The molecule has 1 saturated heterocycles. The number of fused-ring (bicyclic) bond motifs is 1. The van der Waals surface area contributed by atoms with E-state index in [1.807, 2.05) is 55.3 Å². The van der Waals surface area contributed by atoms with Gasteiger partial charge in [-0.3, -0.25) is 19.1 Å². The molecule has 0 bridgehead atoms. The van der Waals surface area contributed by atoms with Crippen LogP contribution >= 0.6 is 0 Å². The van der Waals surface area contributed by atoms with E-state index in [-0.39, 0.29) is 11.4 Å². The summed E-state index contributed by atoms with van der Waals surface area (Å²) in [5.41, 5.74) is 3.12. The molecule has 1 aromatic heterocycles. The van der Waals surface area contributed by atoms with Crippen LogP contribution in [0.3, 0.4) is 0 Å². The van der Waals surface area contributed by atoms with Gasteiger partial charge >= 0.3 is 6.36 Å². The van der Waals surface area contributed by atoms with Crippen LogP contribution in [-0.2, 0) is 4.79 Å². The van der Waals surface area contributed by atoms with Crippen LogP contribution < -0.4 is 15.6 Å². The molecule has 0 aliphatic carbocycles. The molecule has 3 aromatic carbocycles. The zero-order valence-corrected chi connectivity index (χ0v) is 22.9. The molecule has 1 unspecified atom stereocenters. The van der Waals surface area contributed by atoms with Crippen molar-refractivity contribution in [2.45, 2.75) is 26.3 Å². The lowest BCUT2D eigenvalue weighted by atomic mass is 10.00. The minimum Gasteiger partial charge on any atom is -0.404 e. The van der Waals surface area contributed by atoms with Crippen LogP contribution in [-0.4, -0.2) is 70.9 Å². The molecule has 4 aromatic rings. The second kappa shape index (κ2) is 11.3. The summed E-state index contributed by atoms with van der Waals surface area (Å²) in [7, 11) is 1.99. The minimum absolute atomic E-state index is 0.201. The average molecular weight is 566 g/mol. The highest BCUT2D eigenvalue weighted by molar-refractivity contribution is 5.96. The molecule has 1 atom stereocenters. The Morgan fingerprint density at radius 2 is 1.76 bits per heavy atom. The maximum Gasteiger partial charge on any atom is 0.573 e. The number of aromatic nitrogens is 2. The number of ether oxygens (including phenoxy) is 1. The number of anilines is 1. The molecule has 11 heteroatoms. The largest absolute Gasteiger partial charge is 0.573 e. The van der Waals surface area contributed by atoms with Crippen LogP contribution in [0.5, 0.6) is 5.75 Å². The molecule has 41 heavy (non-hydrogen) atoms. The standard InChI is InChI=1S/C30H30F3N5O3/c1-19-6-4-5-7-23(19)21-8-10-24-25(16-21)34-18-38(29(24)40)22-9-11-27(41-30(31,32)33)26(17-22)35-28(39)20(2)37-14-12-36(3)13-15-37/h4-11,16-18,20H,12-15H2,1-3H3,(H,35,39). The van der Waals surface area contributed by atoms with Gasteiger partial charge in [0.1, 0.15) is 6.33 Å². The molecular formula is C30H30F3N5O3. The quantitative estimate of drug-likeness (QED) is 0.361. The van der Waals surface area contributed by atoms with Crippen LogP contribution in [0.15, 0.2) is 71.8 Å². The summed E-state index contributed by atoms with van der Waals surface area (Å²) < 4.78 is 44.9. The summed E-state index contributed by atoms with van der Waals surface area (Å²) in [4.78, 5) is 35.1. The fourth-order valence-electron chi connectivity index (χ4n) is 4.96. The molecule has 2 heterocycles. The van der Waals surface area contributed by atoms with Gasteiger partial charge in [0.15, 0.2) is 5.75 Å².